The van der Waals surface area contributed by atoms with Gasteiger partial charge < -0.3 is 10.2 Å². The molecular weight excluding hydrogens is 222 g/mol. The summed E-state index contributed by atoms with van der Waals surface area (Å²) in [6.07, 6.45) is 2.42. The third kappa shape index (κ3) is 3.98. The van der Waals surface area contributed by atoms with Crippen molar-refractivity contribution in [1.82, 2.24) is 10.3 Å². The lowest BCUT2D eigenvalue weighted by Gasteiger charge is -2.26. The van der Waals surface area contributed by atoms with Crippen LogP contribution in [0.15, 0.2) is 12.1 Å². The van der Waals surface area contributed by atoms with Crippen molar-refractivity contribution in [3.05, 3.63) is 23.4 Å². The molecule has 1 rings (SSSR count). The predicted molar refractivity (Wildman–Crippen MR) is 79.1 cm³/mol. The fraction of sp³-hybridized carbons (Fsp3) is 0.667. The molecule has 0 saturated heterocycles. The summed E-state index contributed by atoms with van der Waals surface area (Å²) in [7, 11) is 2.13. The van der Waals surface area contributed by atoms with E-state index >= 15 is 0 Å². The van der Waals surface area contributed by atoms with Gasteiger partial charge in [0.15, 0.2) is 0 Å². The molecule has 3 nitrogen and oxygen atoms in total. The first-order valence-electron chi connectivity index (χ1n) is 7.00. The van der Waals surface area contributed by atoms with Crippen molar-refractivity contribution in [1.29, 1.82) is 0 Å². The molecule has 0 amide bonds. The molecule has 0 aliphatic rings. The van der Waals surface area contributed by atoms with E-state index in [4.69, 9.17) is 4.98 Å². The van der Waals surface area contributed by atoms with Crippen LogP contribution in [0, 0.1) is 6.92 Å². The Labute approximate surface area is 112 Å². The number of aryl methyl sites for hydroxylation is 1. The fourth-order valence-electron chi connectivity index (χ4n) is 2.06. The highest BCUT2D eigenvalue weighted by Gasteiger charge is 2.11. The van der Waals surface area contributed by atoms with Crippen LogP contribution in [0.4, 0.5) is 5.82 Å². The Hall–Kier alpha value is -1.09. The largest absolute Gasteiger partial charge is 0.357 e. The number of nitrogens with zero attached hydrogens (tertiary/aromatic N) is 2. The van der Waals surface area contributed by atoms with Gasteiger partial charge in [-0.3, -0.25) is 0 Å². The molecule has 1 N–H and O–H groups in total. The van der Waals surface area contributed by atoms with Gasteiger partial charge in [0.25, 0.3) is 0 Å². The molecule has 0 fully saturated rings. The molecule has 0 aromatic carbocycles. The molecule has 0 bridgehead atoms. The molecule has 0 aliphatic carbocycles. The lowest BCUT2D eigenvalue weighted by molar-refractivity contribution is 0.610. The van der Waals surface area contributed by atoms with Crippen LogP contribution in [0.1, 0.15) is 44.9 Å². The SMILES string of the molecule is CCCC(C)N(C)c1ccc(CNCC)c(C)n1. The van der Waals surface area contributed by atoms with Gasteiger partial charge in [-0.25, -0.2) is 4.98 Å². The summed E-state index contributed by atoms with van der Waals surface area (Å²) < 4.78 is 0. The van der Waals surface area contributed by atoms with Gasteiger partial charge in [0.05, 0.1) is 0 Å². The van der Waals surface area contributed by atoms with Crippen LogP contribution in [-0.2, 0) is 6.54 Å². The molecule has 1 heterocycles. The van der Waals surface area contributed by atoms with Gasteiger partial charge in [-0.15, -0.1) is 0 Å². The molecule has 18 heavy (non-hydrogen) atoms. The summed E-state index contributed by atoms with van der Waals surface area (Å²) in [5.41, 5.74) is 2.42. The van der Waals surface area contributed by atoms with Crippen LogP contribution in [0.5, 0.6) is 0 Å². The highest BCUT2D eigenvalue weighted by molar-refractivity contribution is 5.41. The van der Waals surface area contributed by atoms with Crippen molar-refractivity contribution in [3.63, 3.8) is 0 Å². The topological polar surface area (TPSA) is 28.2 Å². The molecule has 0 spiro atoms. The summed E-state index contributed by atoms with van der Waals surface area (Å²) in [5.74, 6) is 1.08. The van der Waals surface area contributed by atoms with Gasteiger partial charge in [-0.2, -0.15) is 0 Å². The minimum atomic E-state index is 0.543. The summed E-state index contributed by atoms with van der Waals surface area (Å²) in [6, 6.07) is 4.86. The maximum atomic E-state index is 4.72. The lowest BCUT2D eigenvalue weighted by atomic mass is 10.1. The molecule has 3 heteroatoms. The van der Waals surface area contributed by atoms with Gasteiger partial charge in [-0.05, 0) is 38.4 Å². The minimum Gasteiger partial charge on any atom is -0.357 e. The molecule has 1 aromatic rings. The van der Waals surface area contributed by atoms with E-state index in [0.717, 1.165) is 24.6 Å². The third-order valence-corrected chi connectivity index (χ3v) is 3.47. The molecule has 1 atom stereocenters. The maximum Gasteiger partial charge on any atom is 0.128 e. The maximum absolute atomic E-state index is 4.72. The Morgan fingerprint density at radius 3 is 2.61 bits per heavy atom. The van der Waals surface area contributed by atoms with Crippen molar-refractivity contribution >= 4 is 5.82 Å². The second-order valence-electron chi connectivity index (χ2n) is 4.94. The highest BCUT2D eigenvalue weighted by atomic mass is 15.2. The van der Waals surface area contributed by atoms with Crippen LogP contribution < -0.4 is 10.2 Å². The zero-order valence-corrected chi connectivity index (χ0v) is 12.5. The molecule has 0 radical (unpaired) electrons. The first-order chi connectivity index (χ1) is 8.60. The zero-order chi connectivity index (χ0) is 13.5. The summed E-state index contributed by atoms with van der Waals surface area (Å²) in [4.78, 5) is 6.99. The van der Waals surface area contributed by atoms with Gasteiger partial charge in [0, 0.05) is 25.3 Å². The zero-order valence-electron chi connectivity index (χ0n) is 12.5. The molecular formula is C15H27N3. The second kappa shape index (κ2) is 7.37. The first-order valence-corrected chi connectivity index (χ1v) is 7.00. The van der Waals surface area contributed by atoms with Crippen molar-refractivity contribution < 1.29 is 0 Å². The van der Waals surface area contributed by atoms with E-state index in [1.54, 1.807) is 0 Å². The van der Waals surface area contributed by atoms with Crippen molar-refractivity contribution in [2.75, 3.05) is 18.5 Å². The molecule has 1 unspecified atom stereocenters. The number of hydrogen-bond donors (Lipinski definition) is 1. The van der Waals surface area contributed by atoms with Crippen molar-refractivity contribution in [2.24, 2.45) is 0 Å². The van der Waals surface area contributed by atoms with Gasteiger partial charge >= 0.3 is 0 Å². The van der Waals surface area contributed by atoms with Gasteiger partial charge in [-0.1, -0.05) is 26.3 Å². The monoisotopic (exact) mass is 249 g/mol. The number of hydrogen-bond acceptors (Lipinski definition) is 3. The van der Waals surface area contributed by atoms with E-state index in [2.05, 4.69) is 57.1 Å². The number of aromatic nitrogens is 1. The van der Waals surface area contributed by atoms with Crippen LogP contribution in [0.3, 0.4) is 0 Å². The number of anilines is 1. The smallest absolute Gasteiger partial charge is 0.128 e. The van der Waals surface area contributed by atoms with E-state index in [1.807, 2.05) is 0 Å². The molecule has 1 aromatic heterocycles. The van der Waals surface area contributed by atoms with E-state index in [0.29, 0.717) is 6.04 Å². The van der Waals surface area contributed by atoms with Crippen molar-refractivity contribution in [2.45, 2.75) is 53.1 Å². The average molecular weight is 249 g/mol. The van der Waals surface area contributed by atoms with E-state index in [-0.39, 0.29) is 0 Å². The summed E-state index contributed by atoms with van der Waals surface area (Å²) >= 11 is 0. The normalized spacial score (nSPS) is 12.5. The van der Waals surface area contributed by atoms with Crippen LogP contribution in [0.2, 0.25) is 0 Å². The van der Waals surface area contributed by atoms with Crippen LogP contribution in [0.25, 0.3) is 0 Å². The Morgan fingerprint density at radius 1 is 1.33 bits per heavy atom. The number of pyridine rings is 1. The standard InChI is InChI=1S/C15H27N3/c1-6-8-12(3)18(5)15-10-9-14(11-16-7-2)13(4)17-15/h9-10,12,16H,6-8,11H2,1-5H3. The van der Waals surface area contributed by atoms with E-state index < -0.39 is 0 Å². The number of nitrogens with one attached hydrogen (secondary N) is 1. The van der Waals surface area contributed by atoms with E-state index in [9.17, 15) is 0 Å². The highest BCUT2D eigenvalue weighted by Crippen LogP contribution is 2.17. The van der Waals surface area contributed by atoms with E-state index in [1.165, 1.54) is 18.4 Å². The quantitative estimate of drug-likeness (QED) is 0.804. The summed E-state index contributed by atoms with van der Waals surface area (Å²) in [6.45, 7) is 10.6. The average Bonchev–Trinajstić information content (AvgIpc) is 2.36. The second-order valence-corrected chi connectivity index (χ2v) is 4.94. The first kappa shape index (κ1) is 15.0. The Morgan fingerprint density at radius 2 is 2.06 bits per heavy atom. The van der Waals surface area contributed by atoms with Crippen LogP contribution >= 0.6 is 0 Å². The van der Waals surface area contributed by atoms with Crippen molar-refractivity contribution in [3.8, 4) is 0 Å². The molecule has 0 aliphatic heterocycles. The lowest BCUT2D eigenvalue weighted by Crippen LogP contribution is -2.29. The number of rotatable bonds is 7. The summed E-state index contributed by atoms with van der Waals surface area (Å²) in [5, 5.41) is 3.34. The minimum absolute atomic E-state index is 0.543. The molecule has 102 valence electrons. The van der Waals surface area contributed by atoms with Gasteiger partial charge in [0.2, 0.25) is 0 Å². The Bertz CT molecular complexity index is 363. The van der Waals surface area contributed by atoms with Crippen LogP contribution in [-0.4, -0.2) is 24.6 Å². The Balaban J connectivity index is 2.76. The molecule has 0 saturated carbocycles. The predicted octanol–water partition coefficient (Wildman–Crippen LogP) is 3.12. The van der Waals surface area contributed by atoms with Gasteiger partial charge in [0.1, 0.15) is 5.82 Å². The Kier molecular flexibility index (Phi) is 6.13. The fourth-order valence-corrected chi connectivity index (χ4v) is 2.06. The third-order valence-electron chi connectivity index (χ3n) is 3.47.